The van der Waals surface area contributed by atoms with Crippen molar-refractivity contribution < 1.29 is 29.3 Å². The Morgan fingerprint density at radius 3 is 2.10 bits per heavy atom. The average molecular weight is 536 g/mol. The van der Waals surface area contributed by atoms with Crippen LogP contribution in [0.25, 0.3) is 10.8 Å². The van der Waals surface area contributed by atoms with Gasteiger partial charge in [0, 0.05) is 16.8 Å². The molecule has 0 aliphatic heterocycles. The van der Waals surface area contributed by atoms with Gasteiger partial charge >= 0.3 is 6.09 Å². The molecule has 0 heterocycles. The Kier molecular flexibility index (Phi) is 8.86. The van der Waals surface area contributed by atoms with Crippen LogP contribution in [0.3, 0.4) is 0 Å². The number of rotatable bonds is 7. The average Bonchev–Trinajstić information content (AvgIpc) is 2.84. The lowest BCUT2D eigenvalue weighted by Crippen LogP contribution is -2.59. The summed E-state index contributed by atoms with van der Waals surface area (Å²) in [5, 5.41) is 28.0. The van der Waals surface area contributed by atoms with Gasteiger partial charge in [-0.1, -0.05) is 48.5 Å². The number of anilines is 1. The topological polar surface area (TPSA) is 128 Å². The highest BCUT2D eigenvalue weighted by Crippen LogP contribution is 2.35. The Morgan fingerprint density at radius 1 is 0.897 bits per heavy atom. The lowest BCUT2D eigenvalue weighted by atomic mass is 9.94. The largest absolute Gasteiger partial charge is 0.508 e. The minimum Gasteiger partial charge on any atom is -0.508 e. The molecular weight excluding hydrogens is 498 g/mol. The molecule has 2 unspecified atom stereocenters. The number of para-hydroxylation sites is 1. The van der Waals surface area contributed by atoms with E-state index in [4.69, 9.17) is 4.74 Å². The van der Waals surface area contributed by atoms with E-state index >= 15 is 0 Å². The molecule has 0 radical (unpaired) electrons. The molecule has 2 atom stereocenters. The molecule has 0 aliphatic carbocycles. The van der Waals surface area contributed by atoms with Crippen molar-refractivity contribution in [3.05, 3.63) is 72.3 Å². The van der Waals surface area contributed by atoms with Gasteiger partial charge in [-0.3, -0.25) is 9.59 Å². The molecule has 4 N–H and O–H groups in total. The van der Waals surface area contributed by atoms with Crippen molar-refractivity contribution in [2.75, 3.05) is 11.9 Å². The second kappa shape index (κ2) is 11.7. The summed E-state index contributed by atoms with van der Waals surface area (Å²) in [6.45, 7) is 9.47. The first-order chi connectivity index (χ1) is 18.2. The summed E-state index contributed by atoms with van der Waals surface area (Å²) in [7, 11) is 0. The first-order valence-electron chi connectivity index (χ1n) is 12.7. The van der Waals surface area contributed by atoms with Crippen LogP contribution in [0.5, 0.6) is 5.75 Å². The van der Waals surface area contributed by atoms with Crippen molar-refractivity contribution in [1.82, 2.24) is 10.2 Å². The summed E-state index contributed by atoms with van der Waals surface area (Å²) < 4.78 is 5.26. The lowest BCUT2D eigenvalue weighted by molar-refractivity contribution is -0.147. The number of aliphatic hydroxyl groups excluding tert-OH is 1. The monoisotopic (exact) mass is 535 g/mol. The number of fused-ring (bicyclic) bond motifs is 1. The summed E-state index contributed by atoms with van der Waals surface area (Å²) in [6, 6.07) is 16.7. The molecule has 39 heavy (non-hydrogen) atoms. The number of hydrogen-bond donors (Lipinski definition) is 4. The number of benzene rings is 3. The molecule has 0 bridgehead atoms. The highest BCUT2D eigenvalue weighted by molar-refractivity contribution is 6.01. The number of carbonyl (C=O) groups excluding carboxylic acids is 3. The molecule has 3 aromatic rings. The fourth-order valence-electron chi connectivity index (χ4n) is 4.24. The molecule has 0 aromatic heterocycles. The predicted molar refractivity (Wildman–Crippen MR) is 150 cm³/mol. The van der Waals surface area contributed by atoms with Gasteiger partial charge in [-0.25, -0.2) is 4.79 Å². The number of aliphatic hydroxyl groups is 1. The maximum Gasteiger partial charge on any atom is 0.408 e. The van der Waals surface area contributed by atoms with Crippen molar-refractivity contribution in [1.29, 1.82) is 0 Å². The Labute approximate surface area is 228 Å². The number of aromatic hydroxyl groups is 1. The van der Waals surface area contributed by atoms with Gasteiger partial charge in [0.1, 0.15) is 23.4 Å². The quantitative estimate of drug-likeness (QED) is 0.346. The zero-order chi connectivity index (χ0) is 29.0. The number of phenols is 1. The molecule has 9 nitrogen and oxygen atoms in total. The third-order valence-electron chi connectivity index (χ3n) is 5.89. The predicted octanol–water partition coefficient (Wildman–Crippen LogP) is 4.74. The van der Waals surface area contributed by atoms with Gasteiger partial charge in [-0.05, 0) is 70.5 Å². The van der Waals surface area contributed by atoms with Crippen LogP contribution in [0.2, 0.25) is 0 Å². The van der Waals surface area contributed by atoms with Crippen molar-refractivity contribution in [2.24, 2.45) is 0 Å². The number of ether oxygens (including phenoxy) is 1. The van der Waals surface area contributed by atoms with Gasteiger partial charge < -0.3 is 30.5 Å². The van der Waals surface area contributed by atoms with Gasteiger partial charge in [0.2, 0.25) is 5.91 Å². The summed E-state index contributed by atoms with van der Waals surface area (Å²) in [4.78, 5) is 41.5. The Bertz CT molecular complexity index is 1340. The van der Waals surface area contributed by atoms with Crippen LogP contribution < -0.4 is 10.6 Å². The number of hydrogen-bond acceptors (Lipinski definition) is 6. The fraction of sp³-hybridized carbons (Fsp3) is 0.367. The van der Waals surface area contributed by atoms with Crippen molar-refractivity contribution in [2.45, 2.75) is 64.8 Å². The van der Waals surface area contributed by atoms with Crippen LogP contribution in [-0.4, -0.2) is 56.8 Å². The van der Waals surface area contributed by atoms with Crippen LogP contribution in [0.15, 0.2) is 66.7 Å². The molecule has 3 rings (SSSR count). The second-order valence-corrected chi connectivity index (χ2v) is 11.3. The van der Waals surface area contributed by atoms with Gasteiger partial charge in [0.05, 0.1) is 6.61 Å². The number of amides is 3. The molecule has 208 valence electrons. The van der Waals surface area contributed by atoms with E-state index in [1.54, 1.807) is 65.8 Å². The van der Waals surface area contributed by atoms with Crippen LogP contribution in [0.1, 0.15) is 53.1 Å². The van der Waals surface area contributed by atoms with E-state index in [0.29, 0.717) is 5.69 Å². The molecule has 0 fully saturated rings. The third-order valence-corrected chi connectivity index (χ3v) is 5.89. The van der Waals surface area contributed by atoms with E-state index in [2.05, 4.69) is 10.6 Å². The molecule has 0 saturated carbocycles. The van der Waals surface area contributed by atoms with Crippen molar-refractivity contribution >= 4 is 34.4 Å². The standard InChI is InChI=1S/C30H37N3O6/c1-29(2,3)33(27(37)23(18-34)32-28(38)39-30(4,5)6)25(22-13-9-10-14-24(22)35)26(36)31-21-16-15-19-11-7-8-12-20(19)17-21/h7-17,23,25,34-35H,18H2,1-6H3,(H,31,36)(H,32,38). The number of nitrogens with zero attached hydrogens (tertiary/aromatic N) is 1. The van der Waals surface area contributed by atoms with E-state index in [1.165, 1.54) is 11.0 Å². The van der Waals surface area contributed by atoms with Crippen molar-refractivity contribution in [3.63, 3.8) is 0 Å². The van der Waals surface area contributed by atoms with Gasteiger partial charge in [-0.15, -0.1) is 0 Å². The fourth-order valence-corrected chi connectivity index (χ4v) is 4.24. The van der Waals surface area contributed by atoms with E-state index in [9.17, 15) is 24.6 Å². The summed E-state index contributed by atoms with van der Waals surface area (Å²) in [5.41, 5.74) is -1.11. The number of phenolic OH excluding ortho intramolecular Hbond substituents is 1. The molecule has 0 saturated heterocycles. The summed E-state index contributed by atoms with van der Waals surface area (Å²) >= 11 is 0. The number of carbonyl (C=O) groups is 3. The molecule has 0 spiro atoms. The van der Waals surface area contributed by atoms with E-state index in [1.807, 2.05) is 36.4 Å². The van der Waals surface area contributed by atoms with Crippen molar-refractivity contribution in [3.8, 4) is 5.75 Å². The Hall–Kier alpha value is -4.11. The zero-order valence-corrected chi connectivity index (χ0v) is 23.2. The second-order valence-electron chi connectivity index (χ2n) is 11.3. The maximum atomic E-state index is 13.9. The summed E-state index contributed by atoms with van der Waals surface area (Å²) in [6.07, 6.45) is -0.886. The smallest absolute Gasteiger partial charge is 0.408 e. The maximum absolute atomic E-state index is 13.9. The number of alkyl carbamates (subject to hydrolysis) is 1. The highest BCUT2D eigenvalue weighted by Gasteiger charge is 2.42. The molecule has 3 amide bonds. The minimum atomic E-state index is -1.40. The highest BCUT2D eigenvalue weighted by atomic mass is 16.6. The van der Waals surface area contributed by atoms with Gasteiger partial charge in [0.25, 0.3) is 5.91 Å². The molecular formula is C30H37N3O6. The normalized spacial score (nSPS) is 13.3. The molecule has 9 heteroatoms. The summed E-state index contributed by atoms with van der Waals surface area (Å²) in [5.74, 6) is -1.49. The van der Waals surface area contributed by atoms with Crippen LogP contribution in [0, 0.1) is 0 Å². The van der Waals surface area contributed by atoms with Crippen LogP contribution in [0.4, 0.5) is 10.5 Å². The van der Waals surface area contributed by atoms with E-state index in [-0.39, 0.29) is 11.3 Å². The third kappa shape index (κ3) is 7.48. The zero-order valence-electron chi connectivity index (χ0n) is 23.2. The first-order valence-corrected chi connectivity index (χ1v) is 12.7. The first kappa shape index (κ1) is 29.4. The Balaban J connectivity index is 2.04. The molecule has 0 aliphatic rings. The van der Waals surface area contributed by atoms with Crippen LogP contribution >= 0.6 is 0 Å². The van der Waals surface area contributed by atoms with E-state index < -0.39 is 47.7 Å². The van der Waals surface area contributed by atoms with Gasteiger partial charge in [-0.2, -0.15) is 0 Å². The number of nitrogens with one attached hydrogen (secondary N) is 2. The molecule has 3 aromatic carbocycles. The lowest BCUT2D eigenvalue weighted by Gasteiger charge is -2.42. The van der Waals surface area contributed by atoms with Crippen LogP contribution in [-0.2, 0) is 14.3 Å². The SMILES string of the molecule is CC(C)(C)OC(=O)NC(CO)C(=O)N(C(C(=O)Nc1ccc2ccccc2c1)c1ccccc1O)C(C)(C)C. The minimum absolute atomic E-state index is 0.182. The van der Waals surface area contributed by atoms with E-state index in [0.717, 1.165) is 10.8 Å². The van der Waals surface area contributed by atoms with Gasteiger partial charge in [0.15, 0.2) is 0 Å². The Morgan fingerprint density at radius 2 is 1.51 bits per heavy atom.